The molecule has 0 aromatic carbocycles. The Labute approximate surface area is 122 Å². The fraction of sp³-hybridized carbons (Fsp3) is 0.467. The van der Waals surface area contributed by atoms with Gasteiger partial charge in [-0.05, 0) is 37.9 Å². The lowest BCUT2D eigenvalue weighted by atomic mass is 9.91. The van der Waals surface area contributed by atoms with Gasteiger partial charge in [-0.3, -0.25) is 4.98 Å². The van der Waals surface area contributed by atoms with E-state index in [0.717, 1.165) is 36.6 Å². The summed E-state index contributed by atoms with van der Waals surface area (Å²) in [4.78, 5) is 10.1. The highest BCUT2D eigenvalue weighted by Crippen LogP contribution is 2.37. The van der Waals surface area contributed by atoms with Crippen LogP contribution < -0.4 is 5.32 Å². The van der Waals surface area contributed by atoms with Crippen LogP contribution in [-0.4, -0.2) is 23.1 Å². The zero-order valence-electron chi connectivity index (χ0n) is 11.5. The van der Waals surface area contributed by atoms with Gasteiger partial charge in [-0.25, -0.2) is 9.37 Å². The van der Waals surface area contributed by atoms with Gasteiger partial charge in [-0.15, -0.1) is 11.3 Å². The fourth-order valence-corrected chi connectivity index (χ4v) is 3.86. The monoisotopic (exact) mass is 291 g/mol. The van der Waals surface area contributed by atoms with Crippen LogP contribution in [0.2, 0.25) is 0 Å². The van der Waals surface area contributed by atoms with Crippen LogP contribution in [0.15, 0.2) is 18.3 Å². The number of aromatic nitrogens is 2. The highest BCUT2D eigenvalue weighted by molar-refractivity contribution is 7.15. The van der Waals surface area contributed by atoms with E-state index in [4.69, 9.17) is 4.98 Å². The maximum Gasteiger partial charge on any atom is 0.151 e. The van der Waals surface area contributed by atoms with Crippen molar-refractivity contribution in [3.63, 3.8) is 0 Å². The summed E-state index contributed by atoms with van der Waals surface area (Å²) in [5, 5.41) is 4.11. The molecular formula is C15H18FN3S. The molecular weight excluding hydrogens is 273 g/mol. The Balaban J connectivity index is 1.93. The third-order valence-corrected chi connectivity index (χ3v) is 4.81. The molecule has 2 aromatic heterocycles. The largest absolute Gasteiger partial charge is 0.316 e. The first-order valence-corrected chi connectivity index (χ1v) is 7.92. The molecule has 0 aliphatic heterocycles. The van der Waals surface area contributed by atoms with Crippen LogP contribution >= 0.6 is 11.3 Å². The van der Waals surface area contributed by atoms with Gasteiger partial charge in [0, 0.05) is 23.5 Å². The summed E-state index contributed by atoms with van der Waals surface area (Å²) in [7, 11) is 0. The van der Waals surface area contributed by atoms with E-state index in [1.165, 1.54) is 17.4 Å². The van der Waals surface area contributed by atoms with Crippen molar-refractivity contribution >= 4 is 11.3 Å². The van der Waals surface area contributed by atoms with Gasteiger partial charge >= 0.3 is 0 Å². The highest BCUT2D eigenvalue weighted by atomic mass is 32.1. The summed E-state index contributed by atoms with van der Waals surface area (Å²) in [5.74, 6) is 0.164. The van der Waals surface area contributed by atoms with Crippen molar-refractivity contribution in [2.75, 3.05) is 13.1 Å². The molecule has 0 saturated heterocycles. The smallest absolute Gasteiger partial charge is 0.151 e. The predicted octanol–water partition coefficient (Wildman–Crippen LogP) is 3.37. The fourth-order valence-electron chi connectivity index (χ4n) is 2.67. The zero-order chi connectivity index (χ0) is 13.9. The molecule has 3 rings (SSSR count). The zero-order valence-corrected chi connectivity index (χ0v) is 12.3. The van der Waals surface area contributed by atoms with Crippen LogP contribution in [0.3, 0.4) is 0 Å². The van der Waals surface area contributed by atoms with E-state index in [9.17, 15) is 4.39 Å². The first kappa shape index (κ1) is 13.6. The maximum absolute atomic E-state index is 13.8. The van der Waals surface area contributed by atoms with Gasteiger partial charge in [0.25, 0.3) is 0 Å². The summed E-state index contributed by atoms with van der Waals surface area (Å²) in [5.41, 5.74) is 1.54. The lowest BCUT2D eigenvalue weighted by Crippen LogP contribution is -2.23. The number of halogens is 1. The number of thiazole rings is 1. The molecule has 1 aliphatic carbocycles. The Kier molecular flexibility index (Phi) is 4.08. The van der Waals surface area contributed by atoms with Crippen molar-refractivity contribution in [3.05, 3.63) is 34.7 Å². The Morgan fingerprint density at radius 3 is 3.20 bits per heavy atom. The minimum atomic E-state index is -0.290. The molecule has 0 fully saturated rings. The minimum Gasteiger partial charge on any atom is -0.316 e. The van der Waals surface area contributed by atoms with Gasteiger partial charge in [0.15, 0.2) is 5.82 Å². The molecule has 106 valence electrons. The molecule has 20 heavy (non-hydrogen) atoms. The van der Waals surface area contributed by atoms with E-state index < -0.39 is 0 Å². The van der Waals surface area contributed by atoms with Crippen molar-refractivity contribution < 1.29 is 4.39 Å². The second-order valence-electron chi connectivity index (χ2n) is 5.06. The summed E-state index contributed by atoms with van der Waals surface area (Å²) in [6, 6.07) is 3.05. The number of likely N-dealkylation sites (N-methyl/N-ethyl adjacent to an activating group) is 1. The van der Waals surface area contributed by atoms with Crippen LogP contribution in [0.4, 0.5) is 4.39 Å². The first-order valence-electron chi connectivity index (χ1n) is 7.10. The lowest BCUT2D eigenvalue weighted by molar-refractivity contribution is 0.509. The summed E-state index contributed by atoms with van der Waals surface area (Å²) < 4.78 is 13.8. The molecule has 0 radical (unpaired) electrons. The number of rotatable bonds is 4. The number of hydrogen-bond acceptors (Lipinski definition) is 4. The topological polar surface area (TPSA) is 37.8 Å². The Hall–Kier alpha value is -1.33. The van der Waals surface area contributed by atoms with Gasteiger partial charge in [-0.2, -0.15) is 0 Å². The first-order chi connectivity index (χ1) is 9.79. The molecule has 0 bridgehead atoms. The normalized spacial score (nSPS) is 18.0. The van der Waals surface area contributed by atoms with Gasteiger partial charge in [-0.1, -0.05) is 6.92 Å². The van der Waals surface area contributed by atoms with E-state index in [2.05, 4.69) is 17.2 Å². The second kappa shape index (κ2) is 5.97. The van der Waals surface area contributed by atoms with Gasteiger partial charge in [0.1, 0.15) is 10.7 Å². The van der Waals surface area contributed by atoms with Crippen molar-refractivity contribution in [3.8, 4) is 10.7 Å². The molecule has 3 nitrogen and oxygen atoms in total. The molecule has 0 spiro atoms. The lowest BCUT2D eigenvalue weighted by Gasteiger charge is -2.21. The Morgan fingerprint density at radius 2 is 2.40 bits per heavy atom. The summed E-state index contributed by atoms with van der Waals surface area (Å²) >= 11 is 1.60. The number of nitrogens with one attached hydrogen (secondary N) is 1. The molecule has 2 heterocycles. The van der Waals surface area contributed by atoms with Crippen molar-refractivity contribution in [1.82, 2.24) is 15.3 Å². The van der Waals surface area contributed by atoms with Crippen LogP contribution in [0.25, 0.3) is 10.7 Å². The van der Waals surface area contributed by atoms with E-state index in [0.29, 0.717) is 11.6 Å². The number of fused-ring (bicyclic) bond motifs is 1. The SMILES string of the molecule is CCNCC1CCCc2sc(-c3ncccc3F)nc21. The van der Waals surface area contributed by atoms with E-state index >= 15 is 0 Å². The molecule has 1 unspecified atom stereocenters. The standard InChI is InChI=1S/C15H18FN3S/c1-2-17-9-10-5-3-7-12-13(10)19-15(20-12)14-11(16)6-4-8-18-14/h4,6,8,10,17H,2-3,5,7,9H2,1H3. The quantitative estimate of drug-likeness (QED) is 0.938. The molecule has 0 amide bonds. The molecule has 1 aliphatic rings. The van der Waals surface area contributed by atoms with E-state index in [-0.39, 0.29) is 5.82 Å². The van der Waals surface area contributed by atoms with Gasteiger partial charge in [0.05, 0.1) is 5.69 Å². The van der Waals surface area contributed by atoms with E-state index in [1.807, 2.05) is 0 Å². The molecule has 1 N–H and O–H groups in total. The number of pyridine rings is 1. The minimum absolute atomic E-state index is 0.290. The third-order valence-electron chi connectivity index (χ3n) is 3.67. The van der Waals surface area contributed by atoms with Gasteiger partial charge in [0.2, 0.25) is 0 Å². The van der Waals surface area contributed by atoms with Crippen molar-refractivity contribution in [1.29, 1.82) is 0 Å². The highest BCUT2D eigenvalue weighted by Gasteiger charge is 2.25. The Bertz CT molecular complexity index is 597. The Morgan fingerprint density at radius 1 is 1.50 bits per heavy atom. The average Bonchev–Trinajstić information content (AvgIpc) is 2.89. The molecule has 0 saturated carbocycles. The van der Waals surface area contributed by atoms with Crippen molar-refractivity contribution in [2.45, 2.75) is 32.1 Å². The van der Waals surface area contributed by atoms with Crippen LogP contribution in [0, 0.1) is 5.82 Å². The predicted molar refractivity (Wildman–Crippen MR) is 79.5 cm³/mol. The van der Waals surface area contributed by atoms with Crippen LogP contribution in [0.5, 0.6) is 0 Å². The number of hydrogen-bond donors (Lipinski definition) is 1. The van der Waals surface area contributed by atoms with Crippen LogP contribution in [0.1, 0.15) is 36.3 Å². The second-order valence-corrected chi connectivity index (χ2v) is 6.14. The summed E-state index contributed by atoms with van der Waals surface area (Å²) in [6.45, 7) is 4.04. The van der Waals surface area contributed by atoms with Crippen molar-refractivity contribution in [2.24, 2.45) is 0 Å². The van der Waals surface area contributed by atoms with Crippen LogP contribution in [-0.2, 0) is 6.42 Å². The number of nitrogens with zero attached hydrogens (tertiary/aromatic N) is 2. The average molecular weight is 291 g/mol. The third kappa shape index (κ3) is 2.60. The molecule has 1 atom stereocenters. The number of aryl methyl sites for hydroxylation is 1. The molecule has 2 aromatic rings. The van der Waals surface area contributed by atoms with Gasteiger partial charge < -0.3 is 5.32 Å². The maximum atomic E-state index is 13.8. The summed E-state index contributed by atoms with van der Waals surface area (Å²) in [6.07, 6.45) is 5.03. The van der Waals surface area contributed by atoms with E-state index in [1.54, 1.807) is 23.6 Å². The molecule has 5 heteroatoms.